The molecule has 1 aromatic rings. The van der Waals surface area contributed by atoms with Crippen molar-refractivity contribution in [1.82, 2.24) is 19.4 Å². The minimum Gasteiger partial charge on any atom is -0.367 e. The van der Waals surface area contributed by atoms with E-state index >= 15 is 0 Å². The summed E-state index contributed by atoms with van der Waals surface area (Å²) in [4.78, 5) is 44.3. The summed E-state index contributed by atoms with van der Waals surface area (Å²) in [5.41, 5.74) is 0.154. The van der Waals surface area contributed by atoms with Gasteiger partial charge in [-0.25, -0.2) is 13.2 Å². The molecule has 2 saturated heterocycles. The molecule has 0 aromatic heterocycles. The van der Waals surface area contributed by atoms with E-state index < -0.39 is 34.0 Å². The first kappa shape index (κ1) is 27.3. The zero-order valence-corrected chi connectivity index (χ0v) is 22.8. The molecule has 1 saturated carbocycles. The van der Waals surface area contributed by atoms with Crippen LogP contribution in [-0.4, -0.2) is 98.8 Å². The minimum atomic E-state index is -3.75. The van der Waals surface area contributed by atoms with Crippen LogP contribution in [0.2, 0.25) is 0 Å². The molecule has 3 aliphatic rings. The molecule has 0 radical (unpaired) electrons. The highest BCUT2D eigenvalue weighted by Crippen LogP contribution is 2.34. The van der Waals surface area contributed by atoms with Crippen molar-refractivity contribution in [3.8, 4) is 0 Å². The summed E-state index contributed by atoms with van der Waals surface area (Å²) in [7, 11) is -1.71. The van der Waals surface area contributed by atoms with Gasteiger partial charge >= 0.3 is 6.03 Å². The van der Waals surface area contributed by atoms with Crippen LogP contribution < -0.4 is 15.5 Å². The molecule has 0 atom stereocenters. The van der Waals surface area contributed by atoms with E-state index in [4.69, 9.17) is 0 Å². The lowest BCUT2D eigenvalue weighted by Gasteiger charge is -2.35. The van der Waals surface area contributed by atoms with Crippen molar-refractivity contribution >= 4 is 39.2 Å². The van der Waals surface area contributed by atoms with Gasteiger partial charge in [0.2, 0.25) is 15.9 Å². The van der Waals surface area contributed by atoms with Gasteiger partial charge in [-0.05, 0) is 38.1 Å². The molecule has 0 unspecified atom stereocenters. The molecule has 12 heteroatoms. The Morgan fingerprint density at radius 3 is 2.32 bits per heavy atom. The standard InChI is InChI=1S/C25H38N6O5S/c1-4-30(5-2)37(35,36)19-9-10-21(29-15-13-28(3)14-16-29)20(17-19)26-22(32)18-31-23(33)25(27-24(31)34)11-7-6-8-12-25/h9-10,17H,4-8,11-16,18H2,1-3H3,(H,26,32)(H,27,34). The average molecular weight is 535 g/mol. The SMILES string of the molecule is CCN(CC)S(=O)(=O)c1ccc(N2CCN(C)CC2)c(NC(=O)CN2C(=O)NC3(CCCCC3)C2=O)c1. The normalized spacial score (nSPS) is 20.5. The number of anilines is 2. The zero-order chi connectivity index (χ0) is 26.8. The fourth-order valence-corrected chi connectivity index (χ4v) is 6.94. The summed E-state index contributed by atoms with van der Waals surface area (Å²) in [6.45, 7) is 6.88. The van der Waals surface area contributed by atoms with Crippen molar-refractivity contribution in [3.63, 3.8) is 0 Å². The maximum atomic E-state index is 13.2. The smallest absolute Gasteiger partial charge is 0.325 e. The van der Waals surface area contributed by atoms with Gasteiger partial charge in [-0.2, -0.15) is 4.31 Å². The molecule has 3 fully saturated rings. The molecule has 204 valence electrons. The van der Waals surface area contributed by atoms with Crippen molar-refractivity contribution in [1.29, 1.82) is 0 Å². The first-order valence-corrected chi connectivity index (χ1v) is 14.6. The van der Waals surface area contributed by atoms with Crippen LogP contribution in [-0.2, 0) is 19.6 Å². The number of nitrogens with zero attached hydrogens (tertiary/aromatic N) is 4. The quantitative estimate of drug-likeness (QED) is 0.487. The van der Waals surface area contributed by atoms with E-state index in [9.17, 15) is 22.8 Å². The van der Waals surface area contributed by atoms with Gasteiger partial charge in [-0.1, -0.05) is 33.1 Å². The number of benzene rings is 1. The molecular formula is C25H38N6O5S. The van der Waals surface area contributed by atoms with Crippen molar-refractivity contribution < 1.29 is 22.8 Å². The van der Waals surface area contributed by atoms with Crippen LogP contribution in [0.5, 0.6) is 0 Å². The Balaban J connectivity index is 1.59. The van der Waals surface area contributed by atoms with E-state index in [0.29, 0.717) is 37.3 Å². The third-order valence-corrected chi connectivity index (χ3v) is 9.73. The van der Waals surface area contributed by atoms with E-state index in [0.717, 1.165) is 50.3 Å². The van der Waals surface area contributed by atoms with Gasteiger partial charge in [0, 0.05) is 39.3 Å². The van der Waals surface area contributed by atoms with Crippen LogP contribution >= 0.6 is 0 Å². The number of hydrogen-bond acceptors (Lipinski definition) is 7. The van der Waals surface area contributed by atoms with Crippen molar-refractivity contribution in [2.45, 2.75) is 56.4 Å². The number of carbonyl (C=O) groups excluding carboxylic acids is 3. The predicted molar refractivity (Wildman–Crippen MR) is 141 cm³/mol. The number of amides is 4. The lowest BCUT2D eigenvalue weighted by Crippen LogP contribution is -2.48. The summed E-state index contributed by atoms with van der Waals surface area (Å²) in [6.07, 6.45) is 3.89. The number of likely N-dealkylation sites (N-methyl/N-ethyl adjacent to an activating group) is 1. The summed E-state index contributed by atoms with van der Waals surface area (Å²) in [6, 6.07) is 4.22. The van der Waals surface area contributed by atoms with Crippen molar-refractivity contribution in [2.75, 3.05) is 63.1 Å². The number of hydrogen-bond donors (Lipinski definition) is 2. The molecule has 4 amide bonds. The fourth-order valence-electron chi connectivity index (χ4n) is 5.46. The molecule has 2 N–H and O–H groups in total. The third-order valence-electron chi connectivity index (χ3n) is 7.68. The number of sulfonamides is 1. The Hall–Kier alpha value is -2.70. The lowest BCUT2D eigenvalue weighted by molar-refractivity contribution is -0.134. The van der Waals surface area contributed by atoms with Gasteiger partial charge in [0.1, 0.15) is 12.1 Å². The average Bonchev–Trinajstić information content (AvgIpc) is 3.09. The van der Waals surface area contributed by atoms with Gasteiger partial charge in [0.15, 0.2) is 0 Å². The summed E-state index contributed by atoms with van der Waals surface area (Å²) < 4.78 is 27.7. The van der Waals surface area contributed by atoms with E-state index in [2.05, 4.69) is 20.4 Å². The first-order valence-electron chi connectivity index (χ1n) is 13.1. The molecule has 2 aliphatic heterocycles. The summed E-state index contributed by atoms with van der Waals surface area (Å²) in [5.74, 6) is -0.909. The number of carbonyl (C=O) groups is 3. The van der Waals surface area contributed by atoms with Crippen LogP contribution in [0.1, 0.15) is 46.0 Å². The van der Waals surface area contributed by atoms with E-state index in [1.54, 1.807) is 26.0 Å². The maximum Gasteiger partial charge on any atom is 0.325 e. The monoisotopic (exact) mass is 534 g/mol. The van der Waals surface area contributed by atoms with Gasteiger partial charge in [-0.15, -0.1) is 0 Å². The Morgan fingerprint density at radius 2 is 1.70 bits per heavy atom. The third kappa shape index (κ3) is 5.46. The summed E-state index contributed by atoms with van der Waals surface area (Å²) >= 11 is 0. The number of nitrogens with one attached hydrogen (secondary N) is 2. The van der Waals surface area contributed by atoms with Crippen LogP contribution in [0, 0.1) is 0 Å². The van der Waals surface area contributed by atoms with Crippen molar-refractivity contribution in [3.05, 3.63) is 18.2 Å². The second-order valence-corrected chi connectivity index (χ2v) is 12.0. The highest BCUT2D eigenvalue weighted by atomic mass is 32.2. The Labute approximate surface area is 219 Å². The Morgan fingerprint density at radius 1 is 1.05 bits per heavy atom. The second-order valence-electron chi connectivity index (χ2n) is 10.1. The van der Waals surface area contributed by atoms with Gasteiger partial charge in [-0.3, -0.25) is 14.5 Å². The highest BCUT2D eigenvalue weighted by molar-refractivity contribution is 7.89. The topological polar surface area (TPSA) is 122 Å². The molecule has 1 aliphatic carbocycles. The molecule has 4 rings (SSSR count). The van der Waals surface area contributed by atoms with Gasteiger partial charge in [0.25, 0.3) is 5.91 Å². The highest BCUT2D eigenvalue weighted by Gasteiger charge is 2.51. The molecule has 1 spiro atoms. The number of rotatable bonds is 8. The number of imide groups is 1. The van der Waals surface area contributed by atoms with Gasteiger partial charge in [0.05, 0.1) is 16.3 Å². The van der Waals surface area contributed by atoms with E-state index in [1.165, 1.54) is 10.4 Å². The summed E-state index contributed by atoms with van der Waals surface area (Å²) in [5, 5.41) is 5.63. The maximum absolute atomic E-state index is 13.2. The molecule has 1 aromatic carbocycles. The fraction of sp³-hybridized carbons (Fsp3) is 0.640. The minimum absolute atomic E-state index is 0.0838. The molecule has 2 heterocycles. The van der Waals surface area contributed by atoms with Crippen LogP contribution in [0.4, 0.5) is 16.2 Å². The largest absolute Gasteiger partial charge is 0.367 e. The number of piperazine rings is 1. The Kier molecular flexibility index (Phi) is 8.10. The molecule has 11 nitrogen and oxygen atoms in total. The van der Waals surface area contributed by atoms with Crippen molar-refractivity contribution in [2.24, 2.45) is 0 Å². The zero-order valence-electron chi connectivity index (χ0n) is 22.0. The molecule has 0 bridgehead atoms. The number of urea groups is 1. The molecule has 37 heavy (non-hydrogen) atoms. The lowest BCUT2D eigenvalue weighted by atomic mass is 9.82. The van der Waals surface area contributed by atoms with E-state index in [1.807, 2.05) is 7.05 Å². The van der Waals surface area contributed by atoms with Gasteiger partial charge < -0.3 is 20.4 Å². The second kappa shape index (κ2) is 11.0. The van der Waals surface area contributed by atoms with Crippen LogP contribution in [0.15, 0.2) is 23.1 Å². The van der Waals surface area contributed by atoms with Crippen LogP contribution in [0.3, 0.4) is 0 Å². The predicted octanol–water partition coefficient (Wildman–Crippen LogP) is 1.66. The Bertz CT molecular complexity index is 1140. The molecular weight excluding hydrogens is 496 g/mol. The first-order chi connectivity index (χ1) is 17.6. The van der Waals surface area contributed by atoms with E-state index in [-0.39, 0.29) is 10.8 Å². The van der Waals surface area contributed by atoms with Crippen LogP contribution in [0.25, 0.3) is 0 Å².